The quantitative estimate of drug-likeness (QED) is 0.794. The number of nitrogens with zero attached hydrogens (tertiary/aromatic N) is 2. The molecule has 94 valence electrons. The van der Waals surface area contributed by atoms with Crippen molar-refractivity contribution in [1.29, 1.82) is 0 Å². The van der Waals surface area contributed by atoms with Gasteiger partial charge in [-0.3, -0.25) is 4.79 Å². The van der Waals surface area contributed by atoms with E-state index in [1.807, 2.05) is 4.90 Å². The van der Waals surface area contributed by atoms with E-state index in [9.17, 15) is 4.79 Å². The number of hydrogen-bond donors (Lipinski definition) is 0. The average Bonchev–Trinajstić information content (AvgIpc) is 2.91. The third-order valence-corrected chi connectivity index (χ3v) is 3.71. The molecule has 0 radical (unpaired) electrons. The molecule has 3 rings (SSSR count). The van der Waals surface area contributed by atoms with E-state index in [2.05, 4.69) is 35.9 Å². The topological polar surface area (TPSA) is 25.2 Å². The second-order valence-corrected chi connectivity index (χ2v) is 4.97. The van der Waals surface area contributed by atoms with Crippen LogP contribution in [-0.2, 0) is 17.8 Å². The lowest BCUT2D eigenvalue weighted by Gasteiger charge is -2.14. The number of anilines is 1. The number of carbonyl (C=O) groups excluding carboxylic acids is 1. The highest BCUT2D eigenvalue weighted by Crippen LogP contribution is 2.33. The highest BCUT2D eigenvalue weighted by atomic mass is 16.2. The Morgan fingerprint density at radius 2 is 2.22 bits per heavy atom. The van der Waals surface area contributed by atoms with E-state index in [1.165, 1.54) is 16.5 Å². The van der Waals surface area contributed by atoms with E-state index in [0.717, 1.165) is 31.6 Å². The van der Waals surface area contributed by atoms with Gasteiger partial charge in [-0.05, 0) is 36.6 Å². The predicted molar refractivity (Wildman–Crippen MR) is 74.0 cm³/mol. The molecular weight excluding hydrogens is 224 g/mol. The van der Waals surface area contributed by atoms with Crippen molar-refractivity contribution in [2.45, 2.75) is 33.2 Å². The van der Waals surface area contributed by atoms with Gasteiger partial charge in [0.15, 0.2) is 0 Å². The minimum absolute atomic E-state index is 0.140. The maximum absolute atomic E-state index is 11.6. The Labute approximate surface area is 107 Å². The van der Waals surface area contributed by atoms with Crippen LogP contribution in [0.25, 0.3) is 10.9 Å². The first-order valence-electron chi connectivity index (χ1n) is 6.60. The molecule has 1 aromatic heterocycles. The van der Waals surface area contributed by atoms with Gasteiger partial charge in [0, 0.05) is 42.8 Å². The molecule has 2 heterocycles. The first kappa shape index (κ1) is 11.3. The lowest BCUT2D eigenvalue weighted by Crippen LogP contribution is -2.25. The molecule has 0 N–H and O–H groups in total. The number of carbonyl (C=O) groups is 1. The van der Waals surface area contributed by atoms with Gasteiger partial charge >= 0.3 is 0 Å². The summed E-state index contributed by atoms with van der Waals surface area (Å²) in [5.41, 5.74) is 3.69. The summed E-state index contributed by atoms with van der Waals surface area (Å²) in [6.45, 7) is 5.71. The second kappa shape index (κ2) is 4.16. The molecule has 0 spiro atoms. The molecule has 1 aliphatic heterocycles. The van der Waals surface area contributed by atoms with Crippen LogP contribution in [0.4, 0.5) is 5.69 Å². The molecule has 2 aromatic rings. The van der Waals surface area contributed by atoms with Gasteiger partial charge in [0.2, 0.25) is 5.91 Å². The fourth-order valence-electron chi connectivity index (χ4n) is 2.84. The second-order valence-electron chi connectivity index (χ2n) is 4.97. The smallest absolute Gasteiger partial charge is 0.223 e. The van der Waals surface area contributed by atoms with Crippen LogP contribution < -0.4 is 4.90 Å². The van der Waals surface area contributed by atoms with Crippen LogP contribution >= 0.6 is 0 Å². The molecule has 3 nitrogen and oxygen atoms in total. The maximum Gasteiger partial charge on any atom is 0.223 e. The summed E-state index contributed by atoms with van der Waals surface area (Å²) in [5, 5.41) is 1.23. The van der Waals surface area contributed by atoms with E-state index in [4.69, 9.17) is 0 Å². The van der Waals surface area contributed by atoms with Gasteiger partial charge in [-0.2, -0.15) is 0 Å². The molecule has 0 saturated heterocycles. The first-order valence-corrected chi connectivity index (χ1v) is 6.60. The number of benzene rings is 1. The number of amides is 1. The molecule has 1 aliphatic rings. The van der Waals surface area contributed by atoms with E-state index < -0.39 is 0 Å². The van der Waals surface area contributed by atoms with Gasteiger partial charge in [0.25, 0.3) is 0 Å². The van der Waals surface area contributed by atoms with E-state index in [0.29, 0.717) is 0 Å². The standard InChI is InChI=1S/C15H18N2O/c1-3-6-16-7-4-12-10-15-13(9-14(12)16)5-8-17(15)11(2)18/h4,7,9-10H,3,5-6,8H2,1-2H3. The zero-order valence-corrected chi connectivity index (χ0v) is 10.9. The van der Waals surface area contributed by atoms with Gasteiger partial charge < -0.3 is 9.47 Å². The summed E-state index contributed by atoms with van der Waals surface area (Å²) < 4.78 is 2.30. The van der Waals surface area contributed by atoms with Crippen molar-refractivity contribution in [1.82, 2.24) is 4.57 Å². The lowest BCUT2D eigenvalue weighted by atomic mass is 10.1. The fourth-order valence-corrected chi connectivity index (χ4v) is 2.84. The SMILES string of the molecule is CCCn1ccc2cc3c(cc21)CCN3C(C)=O. The Balaban J connectivity index is 2.12. The molecule has 0 atom stereocenters. The molecule has 3 heteroatoms. The third kappa shape index (κ3) is 1.62. The van der Waals surface area contributed by atoms with Crippen LogP contribution in [0.5, 0.6) is 0 Å². The van der Waals surface area contributed by atoms with Crippen molar-refractivity contribution in [2.24, 2.45) is 0 Å². The van der Waals surface area contributed by atoms with Crippen molar-refractivity contribution in [3.63, 3.8) is 0 Å². The summed E-state index contributed by atoms with van der Waals surface area (Å²) in [5.74, 6) is 0.140. The van der Waals surface area contributed by atoms with Crippen molar-refractivity contribution >= 4 is 22.5 Å². The van der Waals surface area contributed by atoms with Gasteiger partial charge in [-0.15, -0.1) is 0 Å². The Morgan fingerprint density at radius 1 is 1.39 bits per heavy atom. The Hall–Kier alpha value is -1.77. The highest BCUT2D eigenvalue weighted by Gasteiger charge is 2.23. The largest absolute Gasteiger partial charge is 0.347 e. The number of hydrogen-bond acceptors (Lipinski definition) is 1. The molecule has 1 aromatic carbocycles. The number of aromatic nitrogens is 1. The number of fused-ring (bicyclic) bond motifs is 2. The average molecular weight is 242 g/mol. The Kier molecular flexibility index (Phi) is 2.62. The molecular formula is C15H18N2O. The maximum atomic E-state index is 11.6. The summed E-state index contributed by atoms with van der Waals surface area (Å²) in [4.78, 5) is 13.5. The molecule has 18 heavy (non-hydrogen) atoms. The summed E-state index contributed by atoms with van der Waals surface area (Å²) in [6.07, 6.45) is 4.25. The van der Waals surface area contributed by atoms with Crippen molar-refractivity contribution in [2.75, 3.05) is 11.4 Å². The third-order valence-electron chi connectivity index (χ3n) is 3.71. The van der Waals surface area contributed by atoms with Crippen molar-refractivity contribution in [3.8, 4) is 0 Å². The lowest BCUT2D eigenvalue weighted by molar-refractivity contribution is -0.116. The van der Waals surface area contributed by atoms with Crippen molar-refractivity contribution < 1.29 is 4.79 Å². The minimum atomic E-state index is 0.140. The van der Waals surface area contributed by atoms with Crippen LogP contribution in [0.2, 0.25) is 0 Å². The summed E-state index contributed by atoms with van der Waals surface area (Å²) in [7, 11) is 0. The fraction of sp³-hybridized carbons (Fsp3) is 0.400. The first-order chi connectivity index (χ1) is 8.70. The normalized spacial score (nSPS) is 14.2. The number of aryl methyl sites for hydroxylation is 1. The van der Waals surface area contributed by atoms with Crippen LogP contribution in [-0.4, -0.2) is 17.0 Å². The van der Waals surface area contributed by atoms with Crippen LogP contribution in [0.15, 0.2) is 24.4 Å². The molecule has 0 saturated carbocycles. The minimum Gasteiger partial charge on any atom is -0.347 e. The van der Waals surface area contributed by atoms with Gasteiger partial charge in [-0.25, -0.2) is 0 Å². The zero-order valence-electron chi connectivity index (χ0n) is 10.9. The summed E-state index contributed by atoms with van der Waals surface area (Å²) in [6, 6.07) is 6.55. The van der Waals surface area contributed by atoms with Gasteiger partial charge in [0.1, 0.15) is 0 Å². The van der Waals surface area contributed by atoms with Crippen LogP contribution in [0.3, 0.4) is 0 Å². The van der Waals surface area contributed by atoms with Gasteiger partial charge in [0.05, 0.1) is 0 Å². The zero-order chi connectivity index (χ0) is 12.7. The molecule has 0 bridgehead atoms. The van der Waals surface area contributed by atoms with Crippen LogP contribution in [0, 0.1) is 0 Å². The monoisotopic (exact) mass is 242 g/mol. The highest BCUT2D eigenvalue weighted by molar-refractivity contribution is 5.97. The van der Waals surface area contributed by atoms with E-state index in [-0.39, 0.29) is 5.91 Å². The molecule has 0 aliphatic carbocycles. The van der Waals surface area contributed by atoms with E-state index >= 15 is 0 Å². The van der Waals surface area contributed by atoms with Gasteiger partial charge in [-0.1, -0.05) is 6.92 Å². The van der Waals surface area contributed by atoms with E-state index in [1.54, 1.807) is 6.92 Å². The predicted octanol–water partition coefficient (Wildman–Crippen LogP) is 2.96. The Morgan fingerprint density at radius 3 is 2.94 bits per heavy atom. The molecule has 0 unspecified atom stereocenters. The summed E-state index contributed by atoms with van der Waals surface area (Å²) >= 11 is 0. The van der Waals surface area contributed by atoms with Crippen LogP contribution in [0.1, 0.15) is 25.8 Å². The number of rotatable bonds is 2. The molecule has 0 fully saturated rings. The molecule has 1 amide bonds. The Bertz CT molecular complexity index is 612. The van der Waals surface area contributed by atoms with Crippen molar-refractivity contribution in [3.05, 3.63) is 30.0 Å².